The van der Waals surface area contributed by atoms with Crippen LogP contribution in [-0.2, 0) is 4.79 Å². The van der Waals surface area contributed by atoms with Gasteiger partial charge in [-0.15, -0.1) is 0 Å². The number of likely N-dealkylation sites (N-methyl/N-ethyl adjacent to an activating group) is 1. The van der Waals surface area contributed by atoms with Crippen LogP contribution in [0.3, 0.4) is 0 Å². The van der Waals surface area contributed by atoms with Gasteiger partial charge in [0.15, 0.2) is 0 Å². The van der Waals surface area contributed by atoms with Gasteiger partial charge in [0.05, 0.1) is 11.0 Å². The molecule has 6 heteroatoms. The summed E-state index contributed by atoms with van der Waals surface area (Å²) in [5.41, 5.74) is 1.52. The van der Waals surface area contributed by atoms with Crippen molar-refractivity contribution in [3.8, 4) is 0 Å². The van der Waals surface area contributed by atoms with E-state index in [1.807, 2.05) is 19.9 Å². The highest BCUT2D eigenvalue weighted by molar-refractivity contribution is 5.81. The monoisotopic (exact) mass is 279 g/mol. The average Bonchev–Trinajstić information content (AvgIpc) is 2.38. The van der Waals surface area contributed by atoms with Crippen molar-refractivity contribution < 1.29 is 9.72 Å². The summed E-state index contributed by atoms with van der Waals surface area (Å²) in [5.74, 6) is -0.0824. The van der Waals surface area contributed by atoms with E-state index in [4.69, 9.17) is 0 Å². The second-order valence-electron chi connectivity index (χ2n) is 4.81. The molecule has 0 saturated heterocycles. The normalized spacial score (nSPS) is 13.6. The number of carbonyl (C=O) groups is 1. The minimum atomic E-state index is -0.390. The number of nitro benzene ring substituents is 1. The number of hydrogen-bond donors (Lipinski definition) is 2. The second kappa shape index (κ2) is 7.00. The number of amides is 1. The largest absolute Gasteiger partial charge is 0.355 e. The van der Waals surface area contributed by atoms with Crippen LogP contribution in [0.25, 0.3) is 0 Å². The molecular formula is C14H21N3O3. The zero-order valence-corrected chi connectivity index (χ0v) is 12.3. The fourth-order valence-corrected chi connectivity index (χ4v) is 1.97. The Morgan fingerprint density at radius 3 is 2.60 bits per heavy atom. The van der Waals surface area contributed by atoms with E-state index in [1.54, 1.807) is 26.0 Å². The summed E-state index contributed by atoms with van der Waals surface area (Å²) < 4.78 is 0. The van der Waals surface area contributed by atoms with E-state index in [0.717, 1.165) is 5.56 Å². The molecule has 0 spiro atoms. The topological polar surface area (TPSA) is 84.3 Å². The molecule has 1 aromatic carbocycles. The van der Waals surface area contributed by atoms with Gasteiger partial charge in [0.25, 0.3) is 5.69 Å². The number of rotatable bonds is 6. The Morgan fingerprint density at radius 1 is 1.40 bits per heavy atom. The summed E-state index contributed by atoms with van der Waals surface area (Å²) in [4.78, 5) is 22.2. The Morgan fingerprint density at radius 2 is 2.05 bits per heavy atom. The first-order valence-corrected chi connectivity index (χ1v) is 6.65. The predicted molar refractivity (Wildman–Crippen MR) is 77.5 cm³/mol. The Labute approximate surface area is 118 Å². The number of nitrogens with one attached hydrogen (secondary N) is 2. The number of carbonyl (C=O) groups excluding carboxylic acids is 1. The van der Waals surface area contributed by atoms with Crippen LogP contribution in [-0.4, -0.2) is 23.4 Å². The maximum Gasteiger partial charge on any atom is 0.272 e. The molecule has 2 atom stereocenters. The summed E-state index contributed by atoms with van der Waals surface area (Å²) in [5, 5.41) is 16.8. The first-order chi connectivity index (χ1) is 9.36. The molecular weight excluding hydrogens is 258 g/mol. The molecule has 0 bridgehead atoms. The zero-order valence-electron chi connectivity index (χ0n) is 12.3. The van der Waals surface area contributed by atoms with Gasteiger partial charge in [-0.25, -0.2) is 0 Å². The van der Waals surface area contributed by atoms with Crippen molar-refractivity contribution in [1.82, 2.24) is 10.6 Å². The molecule has 0 aliphatic heterocycles. The minimum absolute atomic E-state index is 0.0824. The highest BCUT2D eigenvalue weighted by Crippen LogP contribution is 2.23. The number of benzene rings is 1. The van der Waals surface area contributed by atoms with Gasteiger partial charge in [-0.2, -0.15) is 0 Å². The minimum Gasteiger partial charge on any atom is -0.355 e. The van der Waals surface area contributed by atoms with Crippen LogP contribution < -0.4 is 10.6 Å². The van der Waals surface area contributed by atoms with Crippen LogP contribution in [0.1, 0.15) is 37.9 Å². The van der Waals surface area contributed by atoms with E-state index >= 15 is 0 Å². The first kappa shape index (κ1) is 16.1. The van der Waals surface area contributed by atoms with Gasteiger partial charge in [-0.1, -0.05) is 12.1 Å². The van der Waals surface area contributed by atoms with E-state index in [0.29, 0.717) is 12.1 Å². The van der Waals surface area contributed by atoms with Crippen LogP contribution >= 0.6 is 0 Å². The lowest BCUT2D eigenvalue weighted by Crippen LogP contribution is -2.43. The molecule has 0 aliphatic rings. The van der Waals surface area contributed by atoms with Crippen molar-refractivity contribution in [2.24, 2.45) is 0 Å². The molecule has 2 unspecified atom stereocenters. The third-order valence-corrected chi connectivity index (χ3v) is 3.17. The lowest BCUT2D eigenvalue weighted by atomic mass is 10.0. The van der Waals surface area contributed by atoms with Crippen LogP contribution in [0, 0.1) is 17.0 Å². The highest BCUT2D eigenvalue weighted by atomic mass is 16.6. The molecule has 2 N–H and O–H groups in total. The zero-order chi connectivity index (χ0) is 15.3. The predicted octanol–water partition coefficient (Wildman–Crippen LogP) is 2.08. The SMILES string of the molecule is CCNC(=O)C(C)NC(C)c1ccc(C)c([N+](=O)[O-])c1. The molecule has 0 aliphatic carbocycles. The number of hydrogen-bond acceptors (Lipinski definition) is 4. The smallest absolute Gasteiger partial charge is 0.272 e. The molecule has 1 amide bonds. The van der Waals surface area contributed by atoms with Crippen molar-refractivity contribution in [2.75, 3.05) is 6.54 Å². The average molecular weight is 279 g/mol. The lowest BCUT2D eigenvalue weighted by Gasteiger charge is -2.19. The van der Waals surface area contributed by atoms with Gasteiger partial charge in [-0.3, -0.25) is 20.2 Å². The Kier molecular flexibility index (Phi) is 5.64. The Balaban J connectivity index is 2.82. The number of nitrogens with zero attached hydrogens (tertiary/aromatic N) is 1. The van der Waals surface area contributed by atoms with Crippen molar-refractivity contribution >= 4 is 11.6 Å². The third-order valence-electron chi connectivity index (χ3n) is 3.17. The highest BCUT2D eigenvalue weighted by Gasteiger charge is 2.18. The van der Waals surface area contributed by atoms with Gasteiger partial charge in [-0.05, 0) is 33.3 Å². The lowest BCUT2D eigenvalue weighted by molar-refractivity contribution is -0.385. The van der Waals surface area contributed by atoms with Crippen LogP contribution in [0.5, 0.6) is 0 Å². The van der Waals surface area contributed by atoms with Crippen molar-refractivity contribution in [2.45, 2.75) is 39.8 Å². The van der Waals surface area contributed by atoms with Crippen molar-refractivity contribution in [3.63, 3.8) is 0 Å². The van der Waals surface area contributed by atoms with Gasteiger partial charge < -0.3 is 5.32 Å². The summed E-state index contributed by atoms with van der Waals surface area (Å²) in [6.07, 6.45) is 0. The van der Waals surface area contributed by atoms with Crippen LogP contribution in [0.15, 0.2) is 18.2 Å². The van der Waals surface area contributed by atoms with Crippen molar-refractivity contribution in [3.05, 3.63) is 39.4 Å². The maximum atomic E-state index is 11.7. The summed E-state index contributed by atoms with van der Waals surface area (Å²) in [6, 6.07) is 4.61. The fourth-order valence-electron chi connectivity index (χ4n) is 1.97. The molecule has 20 heavy (non-hydrogen) atoms. The molecule has 0 aromatic heterocycles. The molecule has 0 heterocycles. The maximum absolute atomic E-state index is 11.7. The summed E-state index contributed by atoms with van der Waals surface area (Å²) >= 11 is 0. The molecule has 1 rings (SSSR count). The van der Waals surface area contributed by atoms with Gasteiger partial charge in [0, 0.05) is 24.2 Å². The Hall–Kier alpha value is -1.95. The van der Waals surface area contributed by atoms with E-state index in [9.17, 15) is 14.9 Å². The molecule has 0 fully saturated rings. The molecule has 0 saturated carbocycles. The number of nitro groups is 1. The quantitative estimate of drug-likeness (QED) is 0.616. The molecule has 0 radical (unpaired) electrons. The Bertz CT molecular complexity index is 502. The van der Waals surface area contributed by atoms with E-state index in [2.05, 4.69) is 10.6 Å². The third kappa shape index (κ3) is 4.03. The van der Waals surface area contributed by atoms with E-state index < -0.39 is 4.92 Å². The van der Waals surface area contributed by atoms with Crippen molar-refractivity contribution in [1.29, 1.82) is 0 Å². The standard InChI is InChI=1S/C14H21N3O3/c1-5-15-14(18)11(4)16-10(3)12-7-6-9(2)13(8-12)17(19)20/h6-8,10-11,16H,5H2,1-4H3,(H,15,18). The summed E-state index contributed by atoms with van der Waals surface area (Å²) in [7, 11) is 0. The van der Waals surface area contributed by atoms with Gasteiger partial charge >= 0.3 is 0 Å². The van der Waals surface area contributed by atoms with E-state index in [1.165, 1.54) is 0 Å². The molecule has 1 aromatic rings. The molecule has 6 nitrogen and oxygen atoms in total. The van der Waals surface area contributed by atoms with E-state index in [-0.39, 0.29) is 23.7 Å². The van der Waals surface area contributed by atoms with Gasteiger partial charge in [0.2, 0.25) is 5.91 Å². The number of aryl methyl sites for hydroxylation is 1. The van der Waals surface area contributed by atoms with Gasteiger partial charge in [0.1, 0.15) is 0 Å². The summed E-state index contributed by atoms with van der Waals surface area (Å²) in [6.45, 7) is 7.79. The first-order valence-electron chi connectivity index (χ1n) is 6.65. The fraction of sp³-hybridized carbons (Fsp3) is 0.500. The van der Waals surface area contributed by atoms with Crippen LogP contribution in [0.2, 0.25) is 0 Å². The second-order valence-corrected chi connectivity index (χ2v) is 4.81. The molecule has 110 valence electrons. The van der Waals surface area contributed by atoms with Crippen LogP contribution in [0.4, 0.5) is 5.69 Å².